The van der Waals surface area contributed by atoms with Crippen molar-refractivity contribution in [3.63, 3.8) is 0 Å². The van der Waals surface area contributed by atoms with Gasteiger partial charge in [-0.2, -0.15) is 0 Å². The average molecular weight is 416 g/mol. The van der Waals surface area contributed by atoms with E-state index in [1.54, 1.807) is 7.11 Å². The number of carbonyl (C=O) groups is 1. The Morgan fingerprint density at radius 3 is 2.14 bits per heavy atom. The maximum absolute atomic E-state index is 12.6. The molecule has 0 bridgehead atoms. The molecule has 0 amide bonds. The average Bonchev–Trinajstić information content (AvgIpc) is 2.75. The first-order valence-corrected chi connectivity index (χ1v) is 10.9. The van der Waals surface area contributed by atoms with Gasteiger partial charge in [0, 0.05) is 19.6 Å². The standard InChI is InChI=1S/C22H29N3O3S/c1-15-14-18(28-2)24-21(23-15)25-19(20(26)27)22(29-3,16-10-6-4-7-11-16)17-12-8-5-9-13-17/h4-13,15,18-19,21,23-25H,14H2,1-3H3,(H,26,27). The number of benzene rings is 2. The second kappa shape index (κ2) is 9.73. The molecule has 1 saturated heterocycles. The van der Waals surface area contributed by atoms with E-state index in [1.807, 2.05) is 66.9 Å². The second-order valence-electron chi connectivity index (χ2n) is 7.24. The molecule has 0 aromatic heterocycles. The van der Waals surface area contributed by atoms with E-state index < -0.39 is 23.0 Å². The van der Waals surface area contributed by atoms with Gasteiger partial charge in [0.2, 0.25) is 0 Å². The Balaban J connectivity index is 2.05. The third-order valence-corrected chi connectivity index (χ3v) is 6.72. The predicted octanol–water partition coefficient (Wildman–Crippen LogP) is 2.56. The van der Waals surface area contributed by atoms with Gasteiger partial charge in [-0.3, -0.25) is 20.7 Å². The molecule has 1 aliphatic heterocycles. The molecule has 1 aliphatic rings. The van der Waals surface area contributed by atoms with Crippen LogP contribution in [0.5, 0.6) is 0 Å². The smallest absolute Gasteiger partial charge is 0.322 e. The van der Waals surface area contributed by atoms with Gasteiger partial charge in [-0.25, -0.2) is 0 Å². The molecule has 0 radical (unpaired) electrons. The molecular formula is C22H29N3O3S. The first-order chi connectivity index (χ1) is 14.0. The Morgan fingerprint density at radius 1 is 1.14 bits per heavy atom. The lowest BCUT2D eigenvalue weighted by atomic mass is 9.83. The van der Waals surface area contributed by atoms with Gasteiger partial charge in [0.15, 0.2) is 0 Å². The number of methoxy groups -OCH3 is 1. The molecule has 0 saturated carbocycles. The molecule has 0 spiro atoms. The molecule has 4 N–H and O–H groups in total. The quantitative estimate of drug-likeness (QED) is 0.527. The molecule has 29 heavy (non-hydrogen) atoms. The van der Waals surface area contributed by atoms with Crippen LogP contribution < -0.4 is 16.0 Å². The number of hydrogen-bond acceptors (Lipinski definition) is 6. The second-order valence-corrected chi connectivity index (χ2v) is 8.29. The van der Waals surface area contributed by atoms with E-state index in [1.165, 1.54) is 11.8 Å². The van der Waals surface area contributed by atoms with Gasteiger partial charge in [0.1, 0.15) is 18.6 Å². The van der Waals surface area contributed by atoms with Gasteiger partial charge in [-0.05, 0) is 24.3 Å². The van der Waals surface area contributed by atoms with E-state index in [0.29, 0.717) is 0 Å². The summed E-state index contributed by atoms with van der Waals surface area (Å²) in [5.41, 5.74) is 1.87. The fraction of sp³-hybridized carbons (Fsp3) is 0.409. The fourth-order valence-electron chi connectivity index (χ4n) is 3.99. The molecule has 0 aliphatic carbocycles. The Kier molecular flexibility index (Phi) is 7.32. The molecule has 4 atom stereocenters. The molecule has 3 rings (SSSR count). The molecule has 7 heteroatoms. The van der Waals surface area contributed by atoms with Gasteiger partial charge in [0.25, 0.3) is 0 Å². The number of nitrogens with one attached hydrogen (secondary N) is 3. The van der Waals surface area contributed by atoms with E-state index in [-0.39, 0.29) is 12.3 Å². The van der Waals surface area contributed by atoms with Crippen molar-refractivity contribution in [3.8, 4) is 0 Å². The minimum atomic E-state index is -0.914. The number of thioether (sulfide) groups is 1. The molecule has 156 valence electrons. The number of rotatable bonds is 8. The summed E-state index contributed by atoms with van der Waals surface area (Å²) in [6, 6.07) is 18.9. The van der Waals surface area contributed by atoms with Gasteiger partial charge >= 0.3 is 5.97 Å². The minimum absolute atomic E-state index is 0.143. The third-order valence-electron chi connectivity index (χ3n) is 5.37. The molecule has 1 heterocycles. The van der Waals surface area contributed by atoms with Crippen LogP contribution in [0, 0.1) is 0 Å². The lowest BCUT2D eigenvalue weighted by Gasteiger charge is -2.43. The van der Waals surface area contributed by atoms with E-state index in [0.717, 1.165) is 17.5 Å². The van der Waals surface area contributed by atoms with Crippen molar-refractivity contribution in [2.24, 2.45) is 0 Å². The molecular weight excluding hydrogens is 386 g/mol. The zero-order chi connectivity index (χ0) is 20.9. The third kappa shape index (κ3) is 4.65. The van der Waals surface area contributed by atoms with Crippen LogP contribution in [0.3, 0.4) is 0 Å². The summed E-state index contributed by atoms with van der Waals surface area (Å²) in [5, 5.41) is 20.3. The molecule has 2 aromatic carbocycles. The normalized spacial score (nSPS) is 23.5. The summed E-state index contributed by atoms with van der Waals surface area (Å²) in [6.45, 7) is 2.06. The van der Waals surface area contributed by atoms with Gasteiger partial charge in [-0.1, -0.05) is 60.7 Å². The number of carboxylic acids is 1. The molecule has 1 fully saturated rings. The monoisotopic (exact) mass is 415 g/mol. The first-order valence-electron chi connectivity index (χ1n) is 9.71. The minimum Gasteiger partial charge on any atom is -0.480 e. The lowest BCUT2D eigenvalue weighted by Crippen LogP contribution is -2.68. The summed E-state index contributed by atoms with van der Waals surface area (Å²) in [5.74, 6) is -0.914. The number of carboxylic acid groups (broad SMARTS) is 1. The van der Waals surface area contributed by atoms with Crippen molar-refractivity contribution >= 4 is 17.7 Å². The predicted molar refractivity (Wildman–Crippen MR) is 117 cm³/mol. The van der Waals surface area contributed by atoms with Crippen molar-refractivity contribution < 1.29 is 14.6 Å². The highest BCUT2D eigenvalue weighted by molar-refractivity contribution is 7.99. The van der Waals surface area contributed by atoms with E-state index in [9.17, 15) is 9.90 Å². The highest BCUT2D eigenvalue weighted by atomic mass is 32.2. The van der Waals surface area contributed by atoms with Crippen LogP contribution in [-0.4, -0.2) is 49.0 Å². The van der Waals surface area contributed by atoms with Crippen LogP contribution in [0.25, 0.3) is 0 Å². The van der Waals surface area contributed by atoms with E-state index in [2.05, 4.69) is 22.9 Å². The summed E-state index contributed by atoms with van der Waals surface area (Å²) < 4.78 is 4.65. The van der Waals surface area contributed by atoms with E-state index in [4.69, 9.17) is 4.74 Å². The van der Waals surface area contributed by atoms with Gasteiger partial charge < -0.3 is 9.84 Å². The Morgan fingerprint density at radius 2 is 1.69 bits per heavy atom. The zero-order valence-electron chi connectivity index (χ0n) is 17.0. The summed E-state index contributed by atoms with van der Waals surface area (Å²) in [4.78, 5) is 12.6. The Bertz CT molecular complexity index is 751. The van der Waals surface area contributed by atoms with Gasteiger partial charge in [0.05, 0.1) is 4.75 Å². The maximum atomic E-state index is 12.6. The molecule has 6 nitrogen and oxygen atoms in total. The summed E-state index contributed by atoms with van der Waals surface area (Å²) >= 11 is 1.53. The zero-order valence-corrected chi connectivity index (χ0v) is 17.8. The van der Waals surface area contributed by atoms with E-state index >= 15 is 0 Å². The Hall–Kier alpha value is -1.90. The first kappa shape index (κ1) is 21.8. The lowest BCUT2D eigenvalue weighted by molar-refractivity contribution is -0.141. The number of hydrogen-bond donors (Lipinski definition) is 4. The maximum Gasteiger partial charge on any atom is 0.322 e. The van der Waals surface area contributed by atoms with Crippen molar-refractivity contribution in [1.29, 1.82) is 0 Å². The van der Waals surface area contributed by atoms with Gasteiger partial charge in [-0.15, -0.1) is 11.8 Å². The largest absolute Gasteiger partial charge is 0.480 e. The summed E-state index contributed by atoms with van der Waals surface area (Å²) in [7, 11) is 1.65. The van der Waals surface area contributed by atoms with Crippen molar-refractivity contribution in [3.05, 3.63) is 71.8 Å². The fourth-order valence-corrected chi connectivity index (χ4v) is 5.14. The van der Waals surface area contributed by atoms with Crippen LogP contribution in [0.15, 0.2) is 60.7 Å². The Labute approximate surface area is 176 Å². The summed E-state index contributed by atoms with van der Waals surface area (Å²) in [6.07, 6.45) is 2.22. The van der Waals surface area contributed by atoms with Crippen molar-refractivity contribution in [1.82, 2.24) is 16.0 Å². The molecule has 4 unspecified atom stereocenters. The van der Waals surface area contributed by atoms with Crippen LogP contribution in [0.4, 0.5) is 0 Å². The molecule has 2 aromatic rings. The number of ether oxygens (including phenoxy) is 1. The highest BCUT2D eigenvalue weighted by Gasteiger charge is 2.47. The highest BCUT2D eigenvalue weighted by Crippen LogP contribution is 2.44. The van der Waals surface area contributed by atoms with Crippen LogP contribution in [0.2, 0.25) is 0 Å². The van der Waals surface area contributed by atoms with Crippen molar-refractivity contribution in [2.45, 2.75) is 42.7 Å². The van der Waals surface area contributed by atoms with Crippen LogP contribution in [0.1, 0.15) is 24.5 Å². The SMILES string of the molecule is COC1CC(C)NC(NC(C(=O)O)C(SC)(c2ccccc2)c2ccccc2)N1. The number of aliphatic carboxylic acids is 1. The van der Waals surface area contributed by atoms with Crippen LogP contribution in [-0.2, 0) is 14.3 Å². The topological polar surface area (TPSA) is 82.6 Å². The van der Waals surface area contributed by atoms with Crippen molar-refractivity contribution in [2.75, 3.05) is 13.4 Å². The van der Waals surface area contributed by atoms with Crippen LogP contribution >= 0.6 is 11.8 Å².